The van der Waals surface area contributed by atoms with Crippen molar-refractivity contribution in [3.8, 4) is 0 Å². The molecule has 2 rings (SSSR count). The van der Waals surface area contributed by atoms with Crippen LogP contribution in [-0.2, 0) is 12.6 Å². The Kier molecular flexibility index (Phi) is 4.55. The summed E-state index contributed by atoms with van der Waals surface area (Å²) in [4.78, 5) is 3.93. The number of hydrogen-bond donors (Lipinski definition) is 1. The molecule has 1 fully saturated rings. The lowest BCUT2D eigenvalue weighted by atomic mass is 10.0. The van der Waals surface area contributed by atoms with E-state index < -0.39 is 11.7 Å². The molecule has 1 aliphatic heterocycles. The van der Waals surface area contributed by atoms with Gasteiger partial charge in [-0.25, -0.2) is 0 Å². The van der Waals surface area contributed by atoms with Gasteiger partial charge in [-0.1, -0.05) is 6.07 Å². The van der Waals surface area contributed by atoms with Gasteiger partial charge in [0.25, 0.3) is 0 Å². The monoisotopic (exact) mass is 287 g/mol. The summed E-state index contributed by atoms with van der Waals surface area (Å²) in [5.74, 6) is 0. The van der Waals surface area contributed by atoms with Gasteiger partial charge >= 0.3 is 6.18 Å². The van der Waals surface area contributed by atoms with Gasteiger partial charge in [-0.3, -0.25) is 0 Å². The van der Waals surface area contributed by atoms with Crippen molar-refractivity contribution < 1.29 is 13.2 Å². The summed E-state index contributed by atoms with van der Waals surface area (Å²) in [6, 6.07) is 4.56. The van der Waals surface area contributed by atoms with Crippen LogP contribution in [0.5, 0.6) is 0 Å². The molecule has 6 heteroatoms. The molecule has 0 radical (unpaired) electrons. The van der Waals surface area contributed by atoms with Crippen molar-refractivity contribution in [1.29, 1.82) is 0 Å². The highest BCUT2D eigenvalue weighted by molar-refractivity contribution is 5.57. The standard InChI is InChI=1S/C14H20F3N3/c1-19-6-8-20(9-7-19)13-3-2-11(4-5-18)10-12(13)14(15,16)17/h2-3,10H,4-9,18H2,1H3. The average molecular weight is 287 g/mol. The Morgan fingerprint density at radius 1 is 1.15 bits per heavy atom. The molecular weight excluding hydrogens is 267 g/mol. The van der Waals surface area contributed by atoms with E-state index in [9.17, 15) is 13.2 Å². The van der Waals surface area contributed by atoms with Gasteiger partial charge in [0.05, 0.1) is 5.56 Å². The van der Waals surface area contributed by atoms with Crippen LogP contribution < -0.4 is 10.6 Å². The number of benzene rings is 1. The Bertz CT molecular complexity index is 451. The Balaban J connectivity index is 2.31. The van der Waals surface area contributed by atoms with Crippen molar-refractivity contribution >= 4 is 5.69 Å². The third-order valence-corrected chi connectivity index (χ3v) is 3.64. The number of hydrogen-bond acceptors (Lipinski definition) is 3. The molecule has 0 aromatic heterocycles. The summed E-state index contributed by atoms with van der Waals surface area (Å²) in [7, 11) is 1.98. The van der Waals surface area contributed by atoms with Crippen LogP contribution in [0.3, 0.4) is 0 Å². The lowest BCUT2D eigenvalue weighted by Crippen LogP contribution is -2.45. The van der Waals surface area contributed by atoms with Gasteiger partial charge in [-0.2, -0.15) is 13.2 Å². The molecule has 2 N–H and O–H groups in total. The second-order valence-electron chi connectivity index (χ2n) is 5.18. The largest absolute Gasteiger partial charge is 0.418 e. The van der Waals surface area contributed by atoms with E-state index >= 15 is 0 Å². The van der Waals surface area contributed by atoms with E-state index in [2.05, 4.69) is 4.90 Å². The lowest BCUT2D eigenvalue weighted by molar-refractivity contribution is -0.137. The fraction of sp³-hybridized carbons (Fsp3) is 0.571. The molecule has 0 aliphatic carbocycles. The number of piperazine rings is 1. The van der Waals surface area contributed by atoms with E-state index in [0.29, 0.717) is 31.6 Å². The number of nitrogens with two attached hydrogens (primary N) is 1. The molecule has 1 saturated heterocycles. The fourth-order valence-electron chi connectivity index (χ4n) is 2.46. The predicted octanol–water partition coefficient (Wildman–Crippen LogP) is 1.96. The third-order valence-electron chi connectivity index (χ3n) is 3.64. The first kappa shape index (κ1) is 15.1. The van der Waals surface area contributed by atoms with Crippen LogP contribution in [0.1, 0.15) is 11.1 Å². The molecule has 3 nitrogen and oxygen atoms in total. The van der Waals surface area contributed by atoms with E-state index in [1.807, 2.05) is 11.9 Å². The Morgan fingerprint density at radius 3 is 2.35 bits per heavy atom. The molecule has 0 atom stereocenters. The van der Waals surface area contributed by atoms with Crippen molar-refractivity contribution in [1.82, 2.24) is 4.90 Å². The number of rotatable bonds is 3. The van der Waals surface area contributed by atoms with Gasteiger partial charge in [-0.05, 0) is 37.7 Å². The molecule has 1 aliphatic rings. The van der Waals surface area contributed by atoms with Crippen molar-refractivity contribution in [2.45, 2.75) is 12.6 Å². The molecule has 1 aromatic rings. The fourth-order valence-corrected chi connectivity index (χ4v) is 2.46. The van der Waals surface area contributed by atoms with Gasteiger partial charge in [0.2, 0.25) is 0 Å². The molecule has 0 spiro atoms. The molecule has 1 heterocycles. The SMILES string of the molecule is CN1CCN(c2ccc(CCN)cc2C(F)(F)F)CC1. The maximum absolute atomic E-state index is 13.2. The Hall–Kier alpha value is -1.27. The first-order chi connectivity index (χ1) is 9.41. The molecule has 0 bridgehead atoms. The van der Waals surface area contributed by atoms with Gasteiger partial charge in [0.1, 0.15) is 0 Å². The van der Waals surface area contributed by atoms with E-state index in [-0.39, 0.29) is 5.69 Å². The third kappa shape index (κ3) is 3.43. The van der Waals surface area contributed by atoms with Crippen LogP contribution in [0.4, 0.5) is 18.9 Å². The topological polar surface area (TPSA) is 32.5 Å². The second kappa shape index (κ2) is 6.01. The van der Waals surface area contributed by atoms with Crippen LogP contribution in [0.15, 0.2) is 18.2 Å². The number of alkyl halides is 3. The molecule has 1 aromatic carbocycles. The zero-order valence-electron chi connectivity index (χ0n) is 11.6. The van der Waals surface area contributed by atoms with Crippen molar-refractivity contribution in [3.05, 3.63) is 29.3 Å². The van der Waals surface area contributed by atoms with Crippen LogP contribution in [-0.4, -0.2) is 44.7 Å². The maximum atomic E-state index is 13.2. The number of likely N-dealkylation sites (N-methyl/N-ethyl adjacent to an activating group) is 1. The molecule has 0 amide bonds. The molecule has 0 unspecified atom stereocenters. The highest BCUT2D eigenvalue weighted by atomic mass is 19.4. The maximum Gasteiger partial charge on any atom is 0.418 e. The summed E-state index contributed by atoms with van der Waals surface area (Å²) in [6.07, 6.45) is -3.87. The summed E-state index contributed by atoms with van der Waals surface area (Å²) in [6.45, 7) is 3.15. The first-order valence-electron chi connectivity index (χ1n) is 6.75. The quantitative estimate of drug-likeness (QED) is 0.922. The van der Waals surface area contributed by atoms with Gasteiger partial charge in [-0.15, -0.1) is 0 Å². The van der Waals surface area contributed by atoms with E-state index in [4.69, 9.17) is 5.73 Å². The molecular formula is C14H20F3N3. The van der Waals surface area contributed by atoms with E-state index in [1.54, 1.807) is 12.1 Å². The molecule has 0 saturated carbocycles. The minimum Gasteiger partial charge on any atom is -0.368 e. The Labute approximate surface area is 117 Å². The second-order valence-corrected chi connectivity index (χ2v) is 5.18. The van der Waals surface area contributed by atoms with Crippen LogP contribution in [0.25, 0.3) is 0 Å². The number of nitrogens with zero attached hydrogens (tertiary/aromatic N) is 2. The molecule has 20 heavy (non-hydrogen) atoms. The Morgan fingerprint density at radius 2 is 1.80 bits per heavy atom. The van der Waals surface area contributed by atoms with Gasteiger partial charge in [0.15, 0.2) is 0 Å². The number of halogens is 3. The van der Waals surface area contributed by atoms with Crippen molar-refractivity contribution in [3.63, 3.8) is 0 Å². The highest BCUT2D eigenvalue weighted by Crippen LogP contribution is 2.37. The zero-order chi connectivity index (χ0) is 14.8. The average Bonchev–Trinajstić information content (AvgIpc) is 2.39. The molecule has 112 valence electrons. The smallest absolute Gasteiger partial charge is 0.368 e. The lowest BCUT2D eigenvalue weighted by Gasteiger charge is -2.35. The minimum atomic E-state index is -4.33. The van der Waals surface area contributed by atoms with Crippen molar-refractivity contribution in [2.24, 2.45) is 5.73 Å². The van der Waals surface area contributed by atoms with Crippen LogP contribution in [0.2, 0.25) is 0 Å². The summed E-state index contributed by atoms with van der Waals surface area (Å²) in [5.41, 5.74) is 5.79. The van der Waals surface area contributed by atoms with E-state index in [0.717, 1.165) is 13.1 Å². The van der Waals surface area contributed by atoms with Crippen LogP contribution in [0, 0.1) is 0 Å². The first-order valence-corrected chi connectivity index (χ1v) is 6.75. The normalized spacial score (nSPS) is 17.6. The van der Waals surface area contributed by atoms with Gasteiger partial charge < -0.3 is 15.5 Å². The summed E-state index contributed by atoms with van der Waals surface area (Å²) >= 11 is 0. The summed E-state index contributed by atoms with van der Waals surface area (Å²) < 4.78 is 39.7. The minimum absolute atomic E-state index is 0.284. The van der Waals surface area contributed by atoms with E-state index in [1.165, 1.54) is 6.07 Å². The number of anilines is 1. The van der Waals surface area contributed by atoms with Crippen molar-refractivity contribution in [2.75, 3.05) is 44.7 Å². The van der Waals surface area contributed by atoms with Crippen LogP contribution >= 0.6 is 0 Å². The van der Waals surface area contributed by atoms with Gasteiger partial charge in [0, 0.05) is 31.9 Å². The predicted molar refractivity (Wildman–Crippen MR) is 73.9 cm³/mol. The summed E-state index contributed by atoms with van der Waals surface area (Å²) in [5, 5.41) is 0. The highest BCUT2D eigenvalue weighted by Gasteiger charge is 2.35. The zero-order valence-corrected chi connectivity index (χ0v) is 11.6.